The Morgan fingerprint density at radius 2 is 2.44 bits per heavy atom. The Hall–Kier alpha value is -0.940. The first-order chi connectivity index (χ1) is 7.49. The monoisotopic (exact) mass is 240 g/mol. The molecule has 2 rings (SSSR count). The van der Waals surface area contributed by atoms with Gasteiger partial charge < -0.3 is 5.11 Å². The van der Waals surface area contributed by atoms with Gasteiger partial charge in [0.15, 0.2) is 0 Å². The Morgan fingerprint density at radius 3 is 2.94 bits per heavy atom. The summed E-state index contributed by atoms with van der Waals surface area (Å²) in [6.07, 6.45) is 2.41. The molecule has 0 unspecified atom stereocenters. The van der Waals surface area contributed by atoms with Crippen LogP contribution in [0.2, 0.25) is 0 Å². The molecule has 1 saturated heterocycles. The summed E-state index contributed by atoms with van der Waals surface area (Å²) in [5.74, 6) is -0.933. The lowest BCUT2D eigenvalue weighted by atomic mass is 10.0. The number of hydrogen-bond donors (Lipinski definition) is 1. The van der Waals surface area contributed by atoms with E-state index in [1.165, 1.54) is 24.2 Å². The van der Waals surface area contributed by atoms with Crippen molar-refractivity contribution in [1.82, 2.24) is 9.88 Å². The number of carboxylic acids is 1. The van der Waals surface area contributed by atoms with E-state index in [4.69, 9.17) is 5.11 Å². The lowest BCUT2D eigenvalue weighted by Crippen LogP contribution is -2.37. The zero-order valence-electron chi connectivity index (χ0n) is 9.56. The van der Waals surface area contributed by atoms with E-state index < -0.39 is 5.97 Å². The normalized spacial score (nSPS) is 20.1. The molecule has 88 valence electrons. The highest BCUT2D eigenvalue weighted by Crippen LogP contribution is 2.29. The molecular formula is C11H16N2O2S. The number of aromatic nitrogens is 1. The average Bonchev–Trinajstić information content (AvgIpc) is 2.75. The second-order valence-corrected chi connectivity index (χ2v) is 5.64. The molecular weight excluding hydrogens is 224 g/mol. The van der Waals surface area contributed by atoms with Gasteiger partial charge in [-0.2, -0.15) is 0 Å². The predicted octanol–water partition coefficient (Wildman–Crippen LogP) is 2.22. The van der Waals surface area contributed by atoms with Gasteiger partial charge in [0.1, 0.15) is 0 Å². The van der Waals surface area contributed by atoms with Gasteiger partial charge in [-0.25, -0.2) is 9.78 Å². The molecule has 2 heterocycles. The summed E-state index contributed by atoms with van der Waals surface area (Å²) in [6, 6.07) is 0. The summed E-state index contributed by atoms with van der Waals surface area (Å²) in [6.45, 7) is 6.29. The smallest absolute Gasteiger partial charge is 0.365 e. The molecule has 0 aromatic carbocycles. The van der Waals surface area contributed by atoms with Gasteiger partial charge in [0.05, 0.1) is 5.69 Å². The number of aromatic carboxylic acids is 1. The molecule has 1 aromatic rings. The van der Waals surface area contributed by atoms with Crippen LogP contribution in [0.25, 0.3) is 0 Å². The summed E-state index contributed by atoms with van der Waals surface area (Å²) in [5, 5.41) is 10.8. The Kier molecular flexibility index (Phi) is 2.99. The van der Waals surface area contributed by atoms with Gasteiger partial charge in [0.25, 0.3) is 0 Å². The number of rotatable bonds is 3. The van der Waals surface area contributed by atoms with Gasteiger partial charge in [-0.3, -0.25) is 4.90 Å². The molecule has 0 saturated carbocycles. The van der Waals surface area contributed by atoms with Crippen LogP contribution in [-0.2, 0) is 6.54 Å². The standard InChI is InChI=1S/C11H16N2O2S/c1-11(2)4-3-5-13(11)6-8-7-16-9(12-8)10(14)15/h7H,3-6H2,1-2H3,(H,14,15). The van der Waals surface area contributed by atoms with Crippen molar-refractivity contribution in [2.75, 3.05) is 6.54 Å². The molecule has 1 fully saturated rings. The molecule has 0 bridgehead atoms. The van der Waals surface area contributed by atoms with Crippen LogP contribution in [0, 0.1) is 0 Å². The van der Waals surface area contributed by atoms with Gasteiger partial charge in [0, 0.05) is 17.5 Å². The van der Waals surface area contributed by atoms with E-state index in [0.717, 1.165) is 18.8 Å². The molecule has 0 amide bonds. The first-order valence-electron chi connectivity index (χ1n) is 5.42. The molecule has 1 N–H and O–H groups in total. The number of nitrogens with zero attached hydrogens (tertiary/aromatic N) is 2. The van der Waals surface area contributed by atoms with Gasteiger partial charge in [-0.1, -0.05) is 0 Å². The SMILES string of the molecule is CC1(C)CCCN1Cc1csc(C(=O)O)n1. The highest BCUT2D eigenvalue weighted by atomic mass is 32.1. The second-order valence-electron chi connectivity index (χ2n) is 4.79. The van der Waals surface area contributed by atoms with Crippen LogP contribution in [0.15, 0.2) is 5.38 Å². The topological polar surface area (TPSA) is 53.4 Å². The second kappa shape index (κ2) is 4.14. The summed E-state index contributed by atoms with van der Waals surface area (Å²) >= 11 is 1.20. The minimum atomic E-state index is -0.933. The lowest BCUT2D eigenvalue weighted by molar-refractivity contribution is 0.0696. The van der Waals surface area contributed by atoms with Crippen molar-refractivity contribution in [3.8, 4) is 0 Å². The molecule has 4 nitrogen and oxygen atoms in total. The van der Waals surface area contributed by atoms with Gasteiger partial charge in [-0.05, 0) is 33.2 Å². The van der Waals surface area contributed by atoms with Gasteiger partial charge >= 0.3 is 5.97 Å². The summed E-state index contributed by atoms with van der Waals surface area (Å²) in [7, 11) is 0. The first-order valence-corrected chi connectivity index (χ1v) is 6.30. The highest BCUT2D eigenvalue weighted by molar-refractivity contribution is 7.11. The highest BCUT2D eigenvalue weighted by Gasteiger charge is 2.32. The fourth-order valence-corrected chi connectivity index (χ4v) is 2.78. The van der Waals surface area contributed by atoms with E-state index in [0.29, 0.717) is 0 Å². The molecule has 0 atom stereocenters. The van der Waals surface area contributed by atoms with Crippen molar-refractivity contribution in [2.45, 2.75) is 38.8 Å². The summed E-state index contributed by atoms with van der Waals surface area (Å²) in [4.78, 5) is 17.2. The maximum Gasteiger partial charge on any atom is 0.365 e. The van der Waals surface area contributed by atoms with Crippen LogP contribution < -0.4 is 0 Å². The third-order valence-electron chi connectivity index (χ3n) is 3.16. The fraction of sp³-hybridized carbons (Fsp3) is 0.636. The van der Waals surface area contributed by atoms with Crippen molar-refractivity contribution in [3.05, 3.63) is 16.1 Å². The van der Waals surface area contributed by atoms with Crippen LogP contribution in [0.3, 0.4) is 0 Å². The third-order valence-corrected chi connectivity index (χ3v) is 4.04. The zero-order chi connectivity index (χ0) is 11.8. The number of carbonyl (C=O) groups is 1. The number of hydrogen-bond acceptors (Lipinski definition) is 4. The molecule has 1 aromatic heterocycles. The van der Waals surface area contributed by atoms with Crippen LogP contribution in [0.4, 0.5) is 0 Å². The van der Waals surface area contributed by atoms with E-state index in [-0.39, 0.29) is 10.5 Å². The van der Waals surface area contributed by atoms with Crippen molar-refractivity contribution in [1.29, 1.82) is 0 Å². The van der Waals surface area contributed by atoms with Crippen LogP contribution in [0.5, 0.6) is 0 Å². The molecule has 0 spiro atoms. The van der Waals surface area contributed by atoms with Gasteiger partial charge in [0.2, 0.25) is 5.01 Å². The zero-order valence-corrected chi connectivity index (χ0v) is 10.4. The Balaban J connectivity index is 2.06. The quantitative estimate of drug-likeness (QED) is 0.880. The molecule has 0 aliphatic carbocycles. The molecule has 5 heteroatoms. The first kappa shape index (κ1) is 11.5. The number of thiazole rings is 1. The van der Waals surface area contributed by atoms with Crippen molar-refractivity contribution >= 4 is 17.3 Å². The van der Waals surface area contributed by atoms with Crippen molar-refractivity contribution in [2.24, 2.45) is 0 Å². The Labute approximate surface area is 98.9 Å². The summed E-state index contributed by atoms with van der Waals surface area (Å²) in [5.41, 5.74) is 1.09. The molecule has 1 aliphatic heterocycles. The number of likely N-dealkylation sites (tertiary alicyclic amines) is 1. The van der Waals surface area contributed by atoms with E-state index in [1.54, 1.807) is 0 Å². The molecule has 16 heavy (non-hydrogen) atoms. The average molecular weight is 240 g/mol. The maximum atomic E-state index is 10.7. The van der Waals surface area contributed by atoms with E-state index in [1.807, 2.05) is 5.38 Å². The predicted molar refractivity (Wildman–Crippen MR) is 62.8 cm³/mol. The minimum Gasteiger partial charge on any atom is -0.476 e. The van der Waals surface area contributed by atoms with E-state index in [9.17, 15) is 4.79 Å². The van der Waals surface area contributed by atoms with Crippen LogP contribution in [0.1, 0.15) is 42.2 Å². The third kappa shape index (κ3) is 2.25. The minimum absolute atomic E-state index is 0.187. The molecule has 0 radical (unpaired) electrons. The van der Waals surface area contributed by atoms with E-state index >= 15 is 0 Å². The maximum absolute atomic E-state index is 10.7. The Bertz CT molecular complexity index is 400. The van der Waals surface area contributed by atoms with Gasteiger partial charge in [-0.15, -0.1) is 11.3 Å². The largest absolute Gasteiger partial charge is 0.476 e. The molecule has 1 aliphatic rings. The number of carboxylic acid groups (broad SMARTS) is 1. The van der Waals surface area contributed by atoms with Crippen molar-refractivity contribution < 1.29 is 9.90 Å². The van der Waals surface area contributed by atoms with E-state index in [2.05, 4.69) is 23.7 Å². The van der Waals surface area contributed by atoms with Crippen LogP contribution in [-0.4, -0.2) is 33.0 Å². The lowest BCUT2D eigenvalue weighted by Gasteiger charge is -2.30. The van der Waals surface area contributed by atoms with Crippen molar-refractivity contribution in [3.63, 3.8) is 0 Å². The summed E-state index contributed by atoms with van der Waals surface area (Å²) < 4.78 is 0. The Morgan fingerprint density at radius 1 is 1.69 bits per heavy atom. The van der Waals surface area contributed by atoms with Crippen LogP contribution >= 0.6 is 11.3 Å². The fourth-order valence-electron chi connectivity index (χ4n) is 2.13.